The van der Waals surface area contributed by atoms with Crippen LogP contribution in [0, 0.1) is 5.82 Å². The number of H-pyrrole nitrogens is 1. The summed E-state index contributed by atoms with van der Waals surface area (Å²) in [6, 6.07) is 9.28. The first-order valence-electron chi connectivity index (χ1n) is 10.9. The van der Waals surface area contributed by atoms with Gasteiger partial charge in [-0.25, -0.2) is 13.6 Å². The number of nitrogens with zero attached hydrogens (tertiary/aromatic N) is 1. The van der Waals surface area contributed by atoms with E-state index in [1.165, 1.54) is 18.2 Å². The Hall–Kier alpha value is -3.66. The van der Waals surface area contributed by atoms with Crippen molar-refractivity contribution in [2.45, 2.75) is 37.6 Å². The Morgan fingerprint density at radius 2 is 1.94 bits per heavy atom. The van der Waals surface area contributed by atoms with Crippen LogP contribution in [0.5, 0.6) is 0 Å². The van der Waals surface area contributed by atoms with E-state index < -0.39 is 42.0 Å². The highest BCUT2D eigenvalue weighted by atomic mass is 35.5. The molecule has 2 aromatic carbocycles. The predicted octanol–water partition coefficient (Wildman–Crippen LogP) is 3.39. The average molecular weight is 505 g/mol. The quantitative estimate of drug-likeness (QED) is 0.395. The molecule has 1 unspecified atom stereocenters. The molecule has 1 fully saturated rings. The summed E-state index contributed by atoms with van der Waals surface area (Å²) < 4.78 is 28.5. The number of aromatic nitrogens is 1. The summed E-state index contributed by atoms with van der Waals surface area (Å²) in [4.78, 5) is 41.7. The van der Waals surface area contributed by atoms with Crippen LogP contribution in [0.25, 0.3) is 10.9 Å². The van der Waals surface area contributed by atoms with Gasteiger partial charge in [0, 0.05) is 42.0 Å². The minimum Gasteiger partial charge on any atom is -0.465 e. The molecule has 2 heterocycles. The number of alkyl halides is 1. The van der Waals surface area contributed by atoms with Gasteiger partial charge in [0.15, 0.2) is 0 Å². The van der Waals surface area contributed by atoms with Crippen molar-refractivity contribution in [2.75, 3.05) is 6.54 Å². The van der Waals surface area contributed by atoms with Crippen LogP contribution >= 0.6 is 11.6 Å². The van der Waals surface area contributed by atoms with Crippen LogP contribution in [0.15, 0.2) is 48.7 Å². The molecule has 1 saturated heterocycles. The van der Waals surface area contributed by atoms with Crippen molar-refractivity contribution < 1.29 is 28.3 Å². The molecular formula is C24H23ClF2N4O4. The van der Waals surface area contributed by atoms with Crippen LogP contribution in [-0.2, 0) is 22.6 Å². The zero-order valence-electron chi connectivity index (χ0n) is 18.4. The van der Waals surface area contributed by atoms with Gasteiger partial charge in [-0.15, -0.1) is 0 Å². The Kier molecular flexibility index (Phi) is 7.20. The largest absolute Gasteiger partial charge is 0.465 e. The molecule has 4 N–H and O–H groups in total. The molecule has 1 aliphatic heterocycles. The van der Waals surface area contributed by atoms with Crippen LogP contribution in [0.2, 0.25) is 5.02 Å². The second-order valence-corrected chi connectivity index (χ2v) is 8.74. The molecule has 1 aliphatic rings. The number of amides is 3. The Bertz CT molecular complexity index is 1270. The Morgan fingerprint density at radius 3 is 2.71 bits per heavy atom. The third kappa shape index (κ3) is 5.37. The number of rotatable bonds is 7. The van der Waals surface area contributed by atoms with E-state index in [0.29, 0.717) is 5.56 Å². The van der Waals surface area contributed by atoms with Gasteiger partial charge in [0.25, 0.3) is 0 Å². The van der Waals surface area contributed by atoms with Crippen LogP contribution < -0.4 is 10.6 Å². The lowest BCUT2D eigenvalue weighted by Gasteiger charge is -2.28. The van der Waals surface area contributed by atoms with Crippen molar-refractivity contribution in [1.82, 2.24) is 20.5 Å². The molecule has 0 aliphatic carbocycles. The maximum Gasteiger partial charge on any atom is 0.405 e. The van der Waals surface area contributed by atoms with Crippen LogP contribution in [0.3, 0.4) is 0 Å². The number of halogens is 3. The fraction of sp³-hybridized carbons (Fsp3) is 0.292. The molecule has 0 bridgehead atoms. The number of para-hydroxylation sites is 1. The average Bonchev–Trinajstić information content (AvgIpc) is 3.42. The van der Waals surface area contributed by atoms with E-state index in [2.05, 4.69) is 15.6 Å². The van der Waals surface area contributed by atoms with Crippen LogP contribution in [0.1, 0.15) is 17.5 Å². The lowest BCUT2D eigenvalue weighted by molar-refractivity contribution is -0.140. The molecule has 3 atom stereocenters. The van der Waals surface area contributed by atoms with Crippen molar-refractivity contribution in [2.24, 2.45) is 0 Å². The number of carboxylic acid groups (broad SMARTS) is 1. The van der Waals surface area contributed by atoms with E-state index in [9.17, 15) is 28.3 Å². The summed E-state index contributed by atoms with van der Waals surface area (Å²) in [5.74, 6) is -2.06. The zero-order chi connectivity index (χ0) is 25.1. The predicted molar refractivity (Wildman–Crippen MR) is 125 cm³/mol. The highest BCUT2D eigenvalue weighted by Crippen LogP contribution is 2.25. The molecule has 3 aromatic rings. The number of carbonyl (C=O) groups excluding carboxylic acids is 2. The molecular weight excluding hydrogens is 482 g/mol. The number of hydrogen-bond acceptors (Lipinski definition) is 3. The molecule has 0 saturated carbocycles. The number of aromatic amines is 1. The lowest BCUT2D eigenvalue weighted by atomic mass is 10.0. The Balaban J connectivity index is 1.51. The Morgan fingerprint density at radius 1 is 1.17 bits per heavy atom. The molecule has 0 radical (unpaired) electrons. The van der Waals surface area contributed by atoms with Gasteiger partial charge in [-0.1, -0.05) is 41.9 Å². The van der Waals surface area contributed by atoms with Crippen molar-refractivity contribution in [3.63, 3.8) is 0 Å². The summed E-state index contributed by atoms with van der Waals surface area (Å²) in [6.45, 7) is -0.555. The maximum absolute atomic E-state index is 14.3. The monoisotopic (exact) mass is 504 g/mol. The van der Waals surface area contributed by atoms with Gasteiger partial charge in [-0.2, -0.15) is 0 Å². The van der Waals surface area contributed by atoms with E-state index in [1.807, 2.05) is 24.3 Å². The second-order valence-electron chi connectivity index (χ2n) is 8.34. The fourth-order valence-corrected chi connectivity index (χ4v) is 4.53. The SMILES string of the molecule is O=C(O)NC(Cc1c[nH]c2ccccc12)C(=O)N1C[C@H](F)C[C@H]1C(=O)NCc1cccc(Cl)c1F. The normalized spacial score (nSPS) is 18.4. The molecule has 4 rings (SSSR count). The second kappa shape index (κ2) is 10.3. The first kappa shape index (κ1) is 24.5. The number of nitrogens with one attached hydrogen (secondary N) is 3. The van der Waals surface area contributed by atoms with Crippen molar-refractivity contribution in [3.05, 3.63) is 70.6 Å². The first-order valence-corrected chi connectivity index (χ1v) is 11.3. The number of hydrogen-bond donors (Lipinski definition) is 4. The van der Waals surface area contributed by atoms with Crippen LogP contribution in [0.4, 0.5) is 13.6 Å². The molecule has 8 nitrogen and oxygen atoms in total. The molecule has 3 amide bonds. The molecule has 184 valence electrons. The number of benzene rings is 2. The number of carbonyl (C=O) groups is 3. The molecule has 11 heteroatoms. The highest BCUT2D eigenvalue weighted by Gasteiger charge is 2.42. The molecule has 35 heavy (non-hydrogen) atoms. The minimum absolute atomic E-state index is 0.00463. The van der Waals surface area contributed by atoms with Gasteiger partial charge in [0.2, 0.25) is 11.8 Å². The Labute approximate surface area is 204 Å². The highest BCUT2D eigenvalue weighted by molar-refractivity contribution is 6.30. The van der Waals surface area contributed by atoms with Crippen molar-refractivity contribution >= 4 is 40.4 Å². The first-order chi connectivity index (χ1) is 16.7. The fourth-order valence-electron chi connectivity index (χ4n) is 4.33. The summed E-state index contributed by atoms with van der Waals surface area (Å²) in [5.41, 5.74) is 1.66. The van der Waals surface area contributed by atoms with Crippen molar-refractivity contribution in [1.29, 1.82) is 0 Å². The third-order valence-corrected chi connectivity index (χ3v) is 6.31. The summed E-state index contributed by atoms with van der Waals surface area (Å²) in [7, 11) is 0. The molecule has 0 spiro atoms. The van der Waals surface area contributed by atoms with Crippen LogP contribution in [-0.4, -0.2) is 57.7 Å². The van der Waals surface area contributed by atoms with E-state index in [-0.39, 0.29) is 36.5 Å². The number of likely N-dealkylation sites (tertiary alicyclic amines) is 1. The zero-order valence-corrected chi connectivity index (χ0v) is 19.2. The van der Waals surface area contributed by atoms with E-state index in [0.717, 1.165) is 15.8 Å². The standard InChI is InChI=1S/C24H23ClF2N4O4/c25-17-6-3-4-13(21(17)27)10-29-22(32)20-9-15(26)12-31(20)23(33)19(30-24(34)35)8-14-11-28-18-7-2-1-5-16(14)18/h1-7,11,15,19-20,28,30H,8-10,12H2,(H,29,32)(H,34,35)/t15-,19?,20+/m1/s1. The third-order valence-electron chi connectivity index (χ3n) is 6.02. The van der Waals surface area contributed by atoms with E-state index in [1.54, 1.807) is 6.20 Å². The van der Waals surface area contributed by atoms with E-state index in [4.69, 9.17) is 11.6 Å². The molecule has 1 aromatic heterocycles. The van der Waals surface area contributed by atoms with Crippen molar-refractivity contribution in [3.8, 4) is 0 Å². The smallest absolute Gasteiger partial charge is 0.405 e. The van der Waals surface area contributed by atoms with Gasteiger partial charge >= 0.3 is 6.09 Å². The van der Waals surface area contributed by atoms with Gasteiger partial charge in [0.1, 0.15) is 24.1 Å². The van der Waals surface area contributed by atoms with Gasteiger partial charge in [-0.3, -0.25) is 9.59 Å². The van der Waals surface area contributed by atoms with Gasteiger partial charge < -0.3 is 25.6 Å². The van der Waals surface area contributed by atoms with Gasteiger partial charge in [0.05, 0.1) is 11.6 Å². The minimum atomic E-state index is -1.46. The summed E-state index contributed by atoms with van der Waals surface area (Å²) in [5, 5.41) is 14.8. The van der Waals surface area contributed by atoms with E-state index >= 15 is 0 Å². The maximum atomic E-state index is 14.3. The number of fused-ring (bicyclic) bond motifs is 1. The van der Waals surface area contributed by atoms with Gasteiger partial charge in [-0.05, 0) is 17.7 Å². The summed E-state index contributed by atoms with van der Waals surface area (Å²) in [6.07, 6.45) is -1.44. The topological polar surface area (TPSA) is 115 Å². The lowest BCUT2D eigenvalue weighted by Crippen LogP contribution is -2.54. The summed E-state index contributed by atoms with van der Waals surface area (Å²) >= 11 is 5.76.